The van der Waals surface area contributed by atoms with E-state index in [2.05, 4.69) is 34.6 Å². The highest BCUT2D eigenvalue weighted by Crippen LogP contribution is 2.29. The predicted molar refractivity (Wildman–Crippen MR) is 69.6 cm³/mol. The summed E-state index contributed by atoms with van der Waals surface area (Å²) in [5.41, 5.74) is 3.70. The van der Waals surface area contributed by atoms with E-state index in [1.165, 1.54) is 19.3 Å². The van der Waals surface area contributed by atoms with Gasteiger partial charge < -0.3 is 10.7 Å². The molecule has 1 aliphatic carbocycles. The van der Waals surface area contributed by atoms with Gasteiger partial charge in [0.05, 0.1) is 0 Å². The van der Waals surface area contributed by atoms with E-state index in [-0.39, 0.29) is 0 Å². The van der Waals surface area contributed by atoms with Gasteiger partial charge in [0, 0.05) is 11.6 Å². The molecular weight excluding hydrogens is 214 g/mol. The second kappa shape index (κ2) is 5.31. The maximum Gasteiger partial charge on any atom is 0.148 e. The van der Waals surface area contributed by atoms with Gasteiger partial charge in [-0.25, -0.2) is 15.8 Å². The van der Waals surface area contributed by atoms with Gasteiger partial charge in [0.2, 0.25) is 0 Å². The van der Waals surface area contributed by atoms with Crippen molar-refractivity contribution in [1.29, 1.82) is 0 Å². The van der Waals surface area contributed by atoms with Crippen molar-refractivity contribution in [3.63, 3.8) is 0 Å². The molecule has 4 N–H and O–H groups in total. The number of hydrazine groups is 1. The molecule has 0 aromatic carbocycles. The Morgan fingerprint density at radius 1 is 1.35 bits per heavy atom. The number of nitrogens with one attached hydrogen (secondary N) is 2. The van der Waals surface area contributed by atoms with Crippen LogP contribution >= 0.6 is 0 Å². The van der Waals surface area contributed by atoms with Gasteiger partial charge in [-0.05, 0) is 25.2 Å². The van der Waals surface area contributed by atoms with E-state index in [1.54, 1.807) is 6.33 Å². The quantitative estimate of drug-likeness (QED) is 0.549. The molecule has 2 unspecified atom stereocenters. The summed E-state index contributed by atoms with van der Waals surface area (Å²) >= 11 is 0. The summed E-state index contributed by atoms with van der Waals surface area (Å²) in [5, 5.41) is 3.54. The van der Waals surface area contributed by atoms with Crippen molar-refractivity contribution in [3.8, 4) is 0 Å². The average molecular weight is 235 g/mol. The number of aromatic nitrogens is 2. The van der Waals surface area contributed by atoms with E-state index in [4.69, 9.17) is 5.84 Å². The van der Waals surface area contributed by atoms with Crippen molar-refractivity contribution in [2.24, 2.45) is 11.8 Å². The van der Waals surface area contributed by atoms with Gasteiger partial charge >= 0.3 is 0 Å². The van der Waals surface area contributed by atoms with Crippen LogP contribution in [-0.4, -0.2) is 16.0 Å². The molecule has 0 bridgehead atoms. The zero-order valence-electron chi connectivity index (χ0n) is 10.5. The van der Waals surface area contributed by atoms with Crippen molar-refractivity contribution in [2.45, 2.75) is 45.6 Å². The van der Waals surface area contributed by atoms with Gasteiger partial charge in [-0.2, -0.15) is 0 Å². The van der Waals surface area contributed by atoms with Crippen LogP contribution in [0.4, 0.5) is 11.6 Å². The molecule has 5 heteroatoms. The Morgan fingerprint density at radius 3 is 2.71 bits per heavy atom. The van der Waals surface area contributed by atoms with Crippen LogP contribution < -0.4 is 16.6 Å². The van der Waals surface area contributed by atoms with Gasteiger partial charge in [-0.3, -0.25) is 0 Å². The van der Waals surface area contributed by atoms with Crippen LogP contribution in [-0.2, 0) is 6.42 Å². The number of rotatable bonds is 4. The first-order chi connectivity index (χ1) is 8.26. The Kier molecular flexibility index (Phi) is 3.78. The predicted octanol–water partition coefficient (Wildman–Crippen LogP) is 1.93. The Bertz CT molecular complexity index is 379. The zero-order valence-corrected chi connectivity index (χ0v) is 10.5. The fourth-order valence-electron chi connectivity index (χ4n) is 2.53. The van der Waals surface area contributed by atoms with Crippen molar-refractivity contribution >= 4 is 11.6 Å². The lowest BCUT2D eigenvalue weighted by molar-refractivity contribution is 0.554. The number of nitrogen functional groups attached to an aromatic ring is 1. The summed E-state index contributed by atoms with van der Waals surface area (Å²) in [6, 6.07) is 0.529. The maximum atomic E-state index is 5.46. The summed E-state index contributed by atoms with van der Waals surface area (Å²) < 4.78 is 0. The summed E-state index contributed by atoms with van der Waals surface area (Å²) in [5.74, 6) is 7.82. The van der Waals surface area contributed by atoms with Crippen molar-refractivity contribution in [1.82, 2.24) is 9.97 Å². The highest BCUT2D eigenvalue weighted by Gasteiger charge is 2.24. The molecule has 0 amide bonds. The minimum absolute atomic E-state index is 0.529. The third-order valence-corrected chi connectivity index (χ3v) is 3.62. The highest BCUT2D eigenvalue weighted by atomic mass is 15.3. The summed E-state index contributed by atoms with van der Waals surface area (Å²) in [7, 11) is 0. The van der Waals surface area contributed by atoms with E-state index < -0.39 is 0 Å². The van der Waals surface area contributed by atoms with E-state index in [0.717, 1.165) is 23.6 Å². The summed E-state index contributed by atoms with van der Waals surface area (Å²) in [6.07, 6.45) is 6.24. The van der Waals surface area contributed by atoms with Crippen LogP contribution in [0.1, 0.15) is 38.7 Å². The van der Waals surface area contributed by atoms with Gasteiger partial charge in [0.15, 0.2) is 0 Å². The summed E-state index contributed by atoms with van der Waals surface area (Å²) in [6.45, 7) is 4.38. The molecule has 5 nitrogen and oxygen atoms in total. The van der Waals surface area contributed by atoms with E-state index in [1.807, 2.05) is 0 Å². The highest BCUT2D eigenvalue weighted by molar-refractivity contribution is 5.57. The SMILES string of the molecule is CCc1c(NN)ncnc1NC1CCCC1C. The molecule has 2 atom stereocenters. The monoisotopic (exact) mass is 235 g/mol. The van der Waals surface area contributed by atoms with Crippen LogP contribution in [0.3, 0.4) is 0 Å². The fraction of sp³-hybridized carbons (Fsp3) is 0.667. The fourth-order valence-corrected chi connectivity index (χ4v) is 2.53. The first-order valence-electron chi connectivity index (χ1n) is 6.33. The van der Waals surface area contributed by atoms with Gasteiger partial charge in [0.25, 0.3) is 0 Å². The van der Waals surface area contributed by atoms with Gasteiger partial charge in [0.1, 0.15) is 18.0 Å². The molecule has 1 aliphatic rings. The van der Waals surface area contributed by atoms with E-state index in [0.29, 0.717) is 12.0 Å². The van der Waals surface area contributed by atoms with Crippen molar-refractivity contribution in [3.05, 3.63) is 11.9 Å². The lowest BCUT2D eigenvalue weighted by atomic mass is 10.1. The van der Waals surface area contributed by atoms with Crippen LogP contribution in [0, 0.1) is 5.92 Å². The summed E-state index contributed by atoms with van der Waals surface area (Å²) in [4.78, 5) is 8.47. The molecule has 0 aliphatic heterocycles. The Hall–Kier alpha value is -1.36. The lowest BCUT2D eigenvalue weighted by Gasteiger charge is -2.20. The maximum absolute atomic E-state index is 5.46. The third kappa shape index (κ3) is 2.49. The molecule has 1 fully saturated rings. The average Bonchev–Trinajstić information content (AvgIpc) is 2.74. The second-order valence-corrected chi connectivity index (χ2v) is 4.71. The molecule has 1 aromatic rings. The number of nitrogens with zero attached hydrogens (tertiary/aromatic N) is 2. The topological polar surface area (TPSA) is 75.9 Å². The van der Waals surface area contributed by atoms with Crippen molar-refractivity contribution in [2.75, 3.05) is 10.7 Å². The number of hydrogen-bond acceptors (Lipinski definition) is 5. The molecule has 1 heterocycles. The molecule has 0 saturated heterocycles. The largest absolute Gasteiger partial charge is 0.367 e. The Balaban J connectivity index is 2.19. The molecule has 1 aromatic heterocycles. The molecule has 0 radical (unpaired) electrons. The van der Waals surface area contributed by atoms with Crippen molar-refractivity contribution < 1.29 is 0 Å². The number of anilines is 2. The minimum Gasteiger partial charge on any atom is -0.367 e. The molecule has 94 valence electrons. The minimum atomic E-state index is 0.529. The number of hydrogen-bond donors (Lipinski definition) is 3. The Morgan fingerprint density at radius 2 is 2.12 bits per heavy atom. The first kappa shape index (κ1) is 12.1. The Labute approximate surface area is 102 Å². The molecule has 0 spiro atoms. The number of nitrogens with two attached hydrogens (primary N) is 1. The normalized spacial score (nSPS) is 23.7. The van der Waals surface area contributed by atoms with Gasteiger partial charge in [-0.15, -0.1) is 0 Å². The van der Waals surface area contributed by atoms with Crippen LogP contribution in [0.25, 0.3) is 0 Å². The molecule has 17 heavy (non-hydrogen) atoms. The smallest absolute Gasteiger partial charge is 0.148 e. The first-order valence-corrected chi connectivity index (χ1v) is 6.33. The lowest BCUT2D eigenvalue weighted by Crippen LogP contribution is -2.24. The molecule has 2 rings (SSSR count). The molecular formula is C12H21N5. The van der Waals surface area contributed by atoms with Crippen LogP contribution in [0.5, 0.6) is 0 Å². The second-order valence-electron chi connectivity index (χ2n) is 4.71. The van der Waals surface area contributed by atoms with E-state index >= 15 is 0 Å². The van der Waals surface area contributed by atoms with Crippen LogP contribution in [0.2, 0.25) is 0 Å². The third-order valence-electron chi connectivity index (χ3n) is 3.62. The van der Waals surface area contributed by atoms with E-state index in [9.17, 15) is 0 Å². The van der Waals surface area contributed by atoms with Gasteiger partial charge in [-0.1, -0.05) is 20.3 Å². The van der Waals surface area contributed by atoms with Crippen LogP contribution in [0.15, 0.2) is 6.33 Å². The zero-order chi connectivity index (χ0) is 12.3. The standard InChI is InChI=1S/C12H21N5/c1-3-9-11(14-7-15-12(9)17-13)16-10-6-4-5-8(10)2/h7-8,10H,3-6,13H2,1-2H3,(H2,14,15,16,17). The molecule has 1 saturated carbocycles.